The summed E-state index contributed by atoms with van der Waals surface area (Å²) in [6.45, 7) is 0.347. The summed E-state index contributed by atoms with van der Waals surface area (Å²) in [6, 6.07) is 0. The van der Waals surface area contributed by atoms with Crippen molar-refractivity contribution in [2.45, 2.75) is 77.0 Å². The summed E-state index contributed by atoms with van der Waals surface area (Å²) < 4.78 is 0. The second-order valence-electron chi connectivity index (χ2n) is 7.73. The second-order valence-corrected chi connectivity index (χ2v) is 7.73. The van der Waals surface area contributed by atoms with Gasteiger partial charge in [-0.2, -0.15) is 0 Å². The van der Waals surface area contributed by atoms with Crippen LogP contribution in [0.25, 0.3) is 0 Å². The summed E-state index contributed by atoms with van der Waals surface area (Å²) in [6.07, 6.45) is 8.65. The Labute approximate surface area is 143 Å². The summed E-state index contributed by atoms with van der Waals surface area (Å²) in [7, 11) is 0. The molecule has 0 heterocycles. The van der Waals surface area contributed by atoms with E-state index in [0.29, 0.717) is 19.4 Å². The molecule has 2 fully saturated rings. The van der Waals surface area contributed by atoms with Gasteiger partial charge < -0.3 is 15.5 Å². The molecular weight excluding hydrogens is 310 g/mol. The zero-order valence-electron chi connectivity index (χ0n) is 14.3. The van der Waals surface area contributed by atoms with E-state index in [9.17, 15) is 24.6 Å². The first-order valence-corrected chi connectivity index (χ1v) is 9.10. The monoisotopic (exact) mass is 339 g/mol. The average Bonchev–Trinajstić information content (AvgIpc) is 2.53. The van der Waals surface area contributed by atoms with Crippen molar-refractivity contribution in [2.24, 2.45) is 10.8 Å². The lowest BCUT2D eigenvalue weighted by Crippen LogP contribution is -2.48. The first-order valence-electron chi connectivity index (χ1n) is 9.10. The molecular formula is C18H29NO5. The number of nitrogens with one attached hydrogen (secondary N) is 1. The quantitative estimate of drug-likeness (QED) is 0.661. The van der Waals surface area contributed by atoms with Crippen LogP contribution in [0, 0.1) is 10.8 Å². The topological polar surface area (TPSA) is 104 Å². The Morgan fingerprint density at radius 2 is 1.25 bits per heavy atom. The van der Waals surface area contributed by atoms with Crippen molar-refractivity contribution in [1.82, 2.24) is 5.32 Å². The fourth-order valence-corrected chi connectivity index (χ4v) is 4.50. The van der Waals surface area contributed by atoms with Gasteiger partial charge in [-0.15, -0.1) is 0 Å². The minimum absolute atomic E-state index is 0.0687. The van der Waals surface area contributed by atoms with Gasteiger partial charge in [0.15, 0.2) is 0 Å². The number of rotatable bonds is 7. The zero-order chi connectivity index (χ0) is 17.6. The van der Waals surface area contributed by atoms with E-state index in [4.69, 9.17) is 0 Å². The lowest BCUT2D eigenvalue weighted by molar-refractivity contribution is -0.147. The summed E-state index contributed by atoms with van der Waals surface area (Å²) in [5.74, 6) is -1.96. The van der Waals surface area contributed by atoms with Crippen LogP contribution in [0.2, 0.25) is 0 Å². The first kappa shape index (κ1) is 18.7. The van der Waals surface area contributed by atoms with Gasteiger partial charge in [-0.25, -0.2) is 0 Å². The van der Waals surface area contributed by atoms with Crippen LogP contribution in [0.4, 0.5) is 0 Å². The molecule has 0 aromatic carbocycles. The highest BCUT2D eigenvalue weighted by atomic mass is 16.4. The molecule has 2 aliphatic carbocycles. The Balaban J connectivity index is 2.04. The fraction of sp³-hybridized carbons (Fsp3) is 0.833. The summed E-state index contributed by atoms with van der Waals surface area (Å²) >= 11 is 0. The molecule has 0 aromatic heterocycles. The van der Waals surface area contributed by atoms with Crippen LogP contribution in [0.15, 0.2) is 0 Å². The third kappa shape index (κ3) is 4.71. The van der Waals surface area contributed by atoms with Crippen molar-refractivity contribution >= 4 is 17.8 Å². The molecule has 0 aliphatic heterocycles. The van der Waals surface area contributed by atoms with E-state index in [2.05, 4.69) is 5.32 Å². The molecule has 0 unspecified atom stereocenters. The molecule has 0 atom stereocenters. The van der Waals surface area contributed by atoms with Crippen LogP contribution in [0.5, 0.6) is 0 Å². The maximum absolute atomic E-state index is 12.8. The van der Waals surface area contributed by atoms with Crippen LogP contribution in [0.3, 0.4) is 0 Å². The number of aliphatic carboxylic acids is 2. The van der Waals surface area contributed by atoms with Gasteiger partial charge in [0.25, 0.3) is 0 Å². The number of carboxylic acid groups (broad SMARTS) is 2. The normalized spacial score (nSPS) is 22.5. The van der Waals surface area contributed by atoms with Gasteiger partial charge in [0.05, 0.1) is 18.3 Å². The number of carboxylic acids is 2. The zero-order valence-corrected chi connectivity index (χ0v) is 14.3. The molecule has 0 bridgehead atoms. The van der Waals surface area contributed by atoms with Crippen LogP contribution >= 0.6 is 0 Å². The Morgan fingerprint density at radius 1 is 0.750 bits per heavy atom. The summed E-state index contributed by atoms with van der Waals surface area (Å²) in [5.41, 5.74) is -1.19. The summed E-state index contributed by atoms with van der Waals surface area (Å²) in [5, 5.41) is 21.4. The van der Waals surface area contributed by atoms with Crippen molar-refractivity contribution in [2.75, 3.05) is 6.54 Å². The highest BCUT2D eigenvalue weighted by Crippen LogP contribution is 2.42. The lowest BCUT2D eigenvalue weighted by Gasteiger charge is -2.39. The predicted octanol–water partition coefficient (Wildman–Crippen LogP) is 2.95. The number of carbonyl (C=O) groups excluding carboxylic acids is 1. The Hall–Kier alpha value is -1.59. The molecule has 3 N–H and O–H groups in total. The Morgan fingerprint density at radius 3 is 1.75 bits per heavy atom. The Bertz CT molecular complexity index is 476. The smallest absolute Gasteiger partial charge is 0.304 e. The van der Waals surface area contributed by atoms with Gasteiger partial charge >= 0.3 is 11.9 Å². The molecule has 0 radical (unpaired) electrons. The first-order chi connectivity index (χ1) is 11.4. The van der Waals surface area contributed by atoms with E-state index in [-0.39, 0.29) is 24.2 Å². The van der Waals surface area contributed by atoms with E-state index in [1.165, 1.54) is 0 Å². The molecule has 0 saturated heterocycles. The van der Waals surface area contributed by atoms with Gasteiger partial charge in [-0.3, -0.25) is 14.4 Å². The summed E-state index contributed by atoms with van der Waals surface area (Å²) in [4.78, 5) is 35.3. The van der Waals surface area contributed by atoms with E-state index in [0.717, 1.165) is 51.4 Å². The molecule has 136 valence electrons. The lowest BCUT2D eigenvalue weighted by atomic mass is 9.69. The van der Waals surface area contributed by atoms with Crippen molar-refractivity contribution in [1.29, 1.82) is 0 Å². The molecule has 2 rings (SSSR count). The van der Waals surface area contributed by atoms with Crippen molar-refractivity contribution in [3.63, 3.8) is 0 Å². The minimum Gasteiger partial charge on any atom is -0.481 e. The third-order valence-electron chi connectivity index (χ3n) is 5.85. The van der Waals surface area contributed by atoms with Gasteiger partial charge in [-0.1, -0.05) is 38.5 Å². The van der Waals surface area contributed by atoms with Crippen LogP contribution in [0.1, 0.15) is 77.0 Å². The number of amides is 1. The molecule has 6 heteroatoms. The van der Waals surface area contributed by atoms with Gasteiger partial charge in [0.2, 0.25) is 5.91 Å². The molecule has 24 heavy (non-hydrogen) atoms. The standard InChI is InChI=1S/C18H29NO5/c20-14(21)11-17(7-3-1-4-8-17)13-19-16(24)18(12-15(22)23)9-5-2-6-10-18/h1-13H2,(H,19,24)(H,20,21)(H,22,23). The van der Waals surface area contributed by atoms with Crippen LogP contribution in [-0.2, 0) is 14.4 Å². The average molecular weight is 339 g/mol. The second kappa shape index (κ2) is 7.99. The molecule has 2 saturated carbocycles. The Kier molecular flexibility index (Phi) is 6.24. The van der Waals surface area contributed by atoms with Crippen LogP contribution in [-0.4, -0.2) is 34.6 Å². The van der Waals surface area contributed by atoms with Crippen LogP contribution < -0.4 is 5.32 Å². The largest absolute Gasteiger partial charge is 0.481 e. The molecule has 1 amide bonds. The van der Waals surface area contributed by atoms with Gasteiger partial charge in [-0.05, 0) is 31.1 Å². The molecule has 6 nitrogen and oxygen atoms in total. The van der Waals surface area contributed by atoms with Crippen molar-refractivity contribution in [3.05, 3.63) is 0 Å². The van der Waals surface area contributed by atoms with E-state index >= 15 is 0 Å². The fourth-order valence-electron chi connectivity index (χ4n) is 4.50. The molecule has 0 aromatic rings. The number of hydrogen-bond donors (Lipinski definition) is 3. The third-order valence-corrected chi connectivity index (χ3v) is 5.85. The van der Waals surface area contributed by atoms with E-state index < -0.39 is 17.4 Å². The predicted molar refractivity (Wildman–Crippen MR) is 88.6 cm³/mol. The molecule has 2 aliphatic rings. The SMILES string of the molecule is O=C(O)CC1(CNC(=O)C2(CC(=O)O)CCCCC2)CCCCC1. The maximum Gasteiger partial charge on any atom is 0.304 e. The maximum atomic E-state index is 12.8. The van der Waals surface area contributed by atoms with Gasteiger partial charge in [0.1, 0.15) is 0 Å². The number of carbonyl (C=O) groups is 3. The van der Waals surface area contributed by atoms with E-state index in [1.54, 1.807) is 0 Å². The van der Waals surface area contributed by atoms with Crippen molar-refractivity contribution in [3.8, 4) is 0 Å². The highest BCUT2D eigenvalue weighted by Gasteiger charge is 2.43. The van der Waals surface area contributed by atoms with Gasteiger partial charge in [0, 0.05) is 6.54 Å². The molecule has 0 spiro atoms. The van der Waals surface area contributed by atoms with E-state index in [1.807, 2.05) is 0 Å². The number of hydrogen-bond acceptors (Lipinski definition) is 3. The highest BCUT2D eigenvalue weighted by molar-refractivity contribution is 5.87. The van der Waals surface area contributed by atoms with Crippen molar-refractivity contribution < 1.29 is 24.6 Å². The minimum atomic E-state index is -0.940.